The number of fused-ring (bicyclic) bond motifs is 2. The lowest BCUT2D eigenvalue weighted by molar-refractivity contribution is 0.254. The summed E-state index contributed by atoms with van der Waals surface area (Å²) in [4.78, 5) is 14.3. The van der Waals surface area contributed by atoms with E-state index in [9.17, 15) is 0 Å². The second-order valence-electron chi connectivity index (χ2n) is 6.67. The molecule has 1 saturated carbocycles. The summed E-state index contributed by atoms with van der Waals surface area (Å²) in [6.07, 6.45) is 6.30. The highest BCUT2D eigenvalue weighted by Crippen LogP contribution is 2.39. The molecule has 2 unspecified atom stereocenters. The highest BCUT2D eigenvalue weighted by Gasteiger charge is 2.35. The Morgan fingerprint density at radius 3 is 2.71 bits per heavy atom. The maximum absolute atomic E-state index is 5.58. The monoisotopic (exact) mass is 288 g/mol. The number of hydrogen-bond acceptors (Lipinski definition) is 6. The van der Waals surface area contributed by atoms with E-state index < -0.39 is 0 Å². The van der Waals surface area contributed by atoms with Crippen molar-refractivity contribution in [2.45, 2.75) is 50.1 Å². The molecule has 21 heavy (non-hydrogen) atoms. The number of aromatic nitrogens is 2. The number of anilines is 2. The van der Waals surface area contributed by atoms with E-state index in [2.05, 4.69) is 27.3 Å². The van der Waals surface area contributed by atoms with Gasteiger partial charge in [0, 0.05) is 37.2 Å². The van der Waals surface area contributed by atoms with Crippen LogP contribution in [0.5, 0.6) is 0 Å². The van der Waals surface area contributed by atoms with Gasteiger partial charge in [-0.05, 0) is 39.2 Å². The third-order valence-electron chi connectivity index (χ3n) is 5.29. The Morgan fingerprint density at radius 1 is 1.14 bits per heavy atom. The van der Waals surface area contributed by atoms with Gasteiger partial charge in [-0.1, -0.05) is 0 Å². The molecule has 6 nitrogen and oxygen atoms in total. The summed E-state index contributed by atoms with van der Waals surface area (Å²) in [5.74, 6) is 8.87. The molecule has 6 heteroatoms. The molecule has 2 saturated heterocycles. The van der Waals surface area contributed by atoms with E-state index in [1.807, 2.05) is 6.07 Å². The third kappa shape index (κ3) is 2.46. The quantitative estimate of drug-likeness (QED) is 0.645. The molecular weight excluding hydrogens is 264 g/mol. The van der Waals surface area contributed by atoms with E-state index >= 15 is 0 Å². The average molecular weight is 288 g/mol. The molecule has 0 amide bonds. The number of hydrogen-bond donors (Lipinski definition) is 2. The average Bonchev–Trinajstić information content (AvgIpc) is 3.27. The zero-order valence-electron chi connectivity index (χ0n) is 12.6. The normalized spacial score (nSPS) is 29.5. The van der Waals surface area contributed by atoms with Crippen molar-refractivity contribution in [2.75, 3.05) is 30.5 Å². The molecule has 2 aliphatic heterocycles. The lowest BCUT2D eigenvalue weighted by Gasteiger charge is -2.27. The van der Waals surface area contributed by atoms with E-state index in [1.54, 1.807) is 0 Å². The van der Waals surface area contributed by atoms with Gasteiger partial charge in [-0.3, -0.25) is 4.90 Å². The van der Waals surface area contributed by atoms with Crippen molar-refractivity contribution in [1.29, 1.82) is 0 Å². The van der Waals surface area contributed by atoms with Crippen molar-refractivity contribution in [1.82, 2.24) is 14.9 Å². The first-order valence-electron chi connectivity index (χ1n) is 8.07. The fraction of sp³-hybridized carbons (Fsp3) is 0.733. The smallest absolute Gasteiger partial charge is 0.145 e. The molecule has 4 rings (SSSR count). The maximum atomic E-state index is 5.58. The minimum Gasteiger partial charge on any atom is -0.355 e. The van der Waals surface area contributed by atoms with Crippen LogP contribution in [0.3, 0.4) is 0 Å². The molecule has 2 bridgehead atoms. The molecule has 3 fully saturated rings. The molecule has 1 aromatic rings. The van der Waals surface area contributed by atoms with Crippen LogP contribution in [-0.4, -0.2) is 47.1 Å². The lowest BCUT2D eigenvalue weighted by Crippen LogP contribution is -2.37. The van der Waals surface area contributed by atoms with Gasteiger partial charge in [0.2, 0.25) is 0 Å². The van der Waals surface area contributed by atoms with Crippen molar-refractivity contribution in [3.05, 3.63) is 11.9 Å². The van der Waals surface area contributed by atoms with E-state index in [1.165, 1.54) is 32.1 Å². The molecule has 3 N–H and O–H groups in total. The Morgan fingerprint density at radius 2 is 1.95 bits per heavy atom. The Hall–Kier alpha value is -1.40. The van der Waals surface area contributed by atoms with E-state index in [4.69, 9.17) is 10.8 Å². The van der Waals surface area contributed by atoms with E-state index in [0.29, 0.717) is 12.0 Å². The Balaban J connectivity index is 1.61. The van der Waals surface area contributed by atoms with Crippen LogP contribution in [0, 0.1) is 0 Å². The summed E-state index contributed by atoms with van der Waals surface area (Å²) >= 11 is 0. The molecule has 1 aliphatic carbocycles. The van der Waals surface area contributed by atoms with E-state index in [-0.39, 0.29) is 0 Å². The minimum atomic E-state index is 0.545. The molecule has 2 atom stereocenters. The summed E-state index contributed by atoms with van der Waals surface area (Å²) < 4.78 is 0. The molecule has 0 aromatic carbocycles. The van der Waals surface area contributed by atoms with Crippen LogP contribution < -0.4 is 16.2 Å². The number of likely N-dealkylation sites (N-methyl/N-ethyl adjacent to an activating group) is 1. The van der Waals surface area contributed by atoms with Gasteiger partial charge in [-0.25, -0.2) is 15.8 Å². The number of nitrogen functional groups attached to an aromatic ring is 1. The molecular formula is C15H24N6. The first-order chi connectivity index (χ1) is 10.2. The highest BCUT2D eigenvalue weighted by atomic mass is 15.3. The van der Waals surface area contributed by atoms with Crippen LogP contribution >= 0.6 is 0 Å². The largest absolute Gasteiger partial charge is 0.355 e. The Bertz CT molecular complexity index is 529. The molecule has 0 spiro atoms. The lowest BCUT2D eigenvalue weighted by atomic mass is 10.1. The topological polar surface area (TPSA) is 70.3 Å². The second-order valence-corrected chi connectivity index (χ2v) is 6.67. The van der Waals surface area contributed by atoms with Crippen molar-refractivity contribution in [2.24, 2.45) is 5.84 Å². The van der Waals surface area contributed by atoms with Crippen LogP contribution in [0.25, 0.3) is 0 Å². The van der Waals surface area contributed by atoms with Crippen LogP contribution in [0.4, 0.5) is 11.6 Å². The van der Waals surface area contributed by atoms with Crippen molar-refractivity contribution in [3.8, 4) is 0 Å². The van der Waals surface area contributed by atoms with Crippen LogP contribution in [-0.2, 0) is 0 Å². The minimum absolute atomic E-state index is 0.545. The van der Waals surface area contributed by atoms with Gasteiger partial charge in [0.05, 0.1) is 0 Å². The van der Waals surface area contributed by atoms with Gasteiger partial charge in [-0.15, -0.1) is 0 Å². The van der Waals surface area contributed by atoms with Crippen LogP contribution in [0.1, 0.15) is 43.8 Å². The Labute approximate surface area is 125 Å². The molecule has 1 aromatic heterocycles. The first kappa shape index (κ1) is 13.3. The zero-order valence-corrected chi connectivity index (χ0v) is 12.6. The number of nitrogens with zero attached hydrogens (tertiary/aromatic N) is 4. The summed E-state index contributed by atoms with van der Waals surface area (Å²) in [5.41, 5.74) is 2.70. The summed E-state index contributed by atoms with van der Waals surface area (Å²) in [7, 11) is 2.27. The number of nitrogens with two attached hydrogens (primary N) is 1. The summed E-state index contributed by atoms with van der Waals surface area (Å²) in [5, 5.41) is 0. The van der Waals surface area contributed by atoms with Gasteiger partial charge in [0.1, 0.15) is 17.5 Å². The van der Waals surface area contributed by atoms with Gasteiger partial charge in [-0.2, -0.15) is 0 Å². The van der Waals surface area contributed by atoms with Crippen LogP contribution in [0.2, 0.25) is 0 Å². The number of hydrazine groups is 1. The SMILES string of the molecule is CN1C2CCC1CN(c1cc(NN)nc(C3CC3)n1)CC2. The maximum Gasteiger partial charge on any atom is 0.145 e. The molecule has 3 aliphatic rings. The van der Waals surface area contributed by atoms with Crippen molar-refractivity contribution < 1.29 is 0 Å². The van der Waals surface area contributed by atoms with Gasteiger partial charge in [0.25, 0.3) is 0 Å². The van der Waals surface area contributed by atoms with Crippen LogP contribution in [0.15, 0.2) is 6.07 Å². The fourth-order valence-electron chi connectivity index (χ4n) is 3.73. The van der Waals surface area contributed by atoms with Crippen molar-refractivity contribution in [3.63, 3.8) is 0 Å². The van der Waals surface area contributed by atoms with Gasteiger partial charge < -0.3 is 10.3 Å². The molecule has 114 valence electrons. The highest BCUT2D eigenvalue weighted by molar-refractivity contribution is 5.50. The second kappa shape index (κ2) is 5.10. The van der Waals surface area contributed by atoms with E-state index in [0.717, 1.165) is 36.6 Å². The predicted molar refractivity (Wildman–Crippen MR) is 83.2 cm³/mol. The van der Waals surface area contributed by atoms with Gasteiger partial charge in [0.15, 0.2) is 0 Å². The Kier molecular flexibility index (Phi) is 3.23. The first-order valence-corrected chi connectivity index (χ1v) is 8.07. The van der Waals surface area contributed by atoms with Gasteiger partial charge >= 0.3 is 0 Å². The molecule has 3 heterocycles. The predicted octanol–water partition coefficient (Wildman–Crippen LogP) is 1.31. The summed E-state index contributed by atoms with van der Waals surface area (Å²) in [6, 6.07) is 3.40. The standard InChI is InChI=1S/C15H24N6/c1-20-11-4-5-12(20)9-21(7-6-11)14-8-13(19-16)17-15(18-14)10-2-3-10/h8,10-12H,2-7,9,16H2,1H3,(H,17,18,19). The number of nitrogens with one attached hydrogen (secondary N) is 1. The van der Waals surface area contributed by atoms with Crippen molar-refractivity contribution >= 4 is 11.6 Å². The summed E-state index contributed by atoms with van der Waals surface area (Å²) in [6.45, 7) is 2.15. The number of rotatable bonds is 3. The zero-order chi connectivity index (χ0) is 14.4. The molecule has 0 radical (unpaired) electrons. The fourth-order valence-corrected chi connectivity index (χ4v) is 3.73. The third-order valence-corrected chi connectivity index (χ3v) is 5.29.